The predicted octanol–water partition coefficient (Wildman–Crippen LogP) is 2.16. The highest BCUT2D eigenvalue weighted by molar-refractivity contribution is 8.02. The average molecular weight is 313 g/mol. The fourth-order valence-electron chi connectivity index (χ4n) is 2.23. The van der Waals surface area contributed by atoms with E-state index in [9.17, 15) is 13.2 Å². The number of amides is 1. The van der Waals surface area contributed by atoms with Gasteiger partial charge >= 0.3 is 0 Å². The van der Waals surface area contributed by atoms with Crippen LogP contribution in [0.2, 0.25) is 0 Å². The number of aryl methyl sites for hydroxylation is 2. The molecule has 1 saturated heterocycles. The zero-order valence-electron chi connectivity index (χ0n) is 11.7. The molecule has 1 aromatic carbocycles. The fourth-order valence-corrected chi connectivity index (χ4v) is 5.67. The minimum absolute atomic E-state index is 0.0601. The second-order valence-electron chi connectivity index (χ2n) is 5.20. The quantitative estimate of drug-likeness (QED) is 0.925. The second kappa shape index (κ2) is 6.18. The van der Waals surface area contributed by atoms with Gasteiger partial charge < -0.3 is 5.32 Å². The smallest absolute Gasteiger partial charge is 0.234 e. The highest BCUT2D eigenvalue weighted by Crippen LogP contribution is 2.24. The van der Waals surface area contributed by atoms with Crippen LogP contribution in [0.15, 0.2) is 18.2 Å². The number of anilines is 1. The van der Waals surface area contributed by atoms with Gasteiger partial charge in [0.2, 0.25) is 5.91 Å². The maximum Gasteiger partial charge on any atom is 0.234 e. The van der Waals surface area contributed by atoms with E-state index in [4.69, 9.17) is 0 Å². The van der Waals surface area contributed by atoms with E-state index < -0.39 is 9.84 Å². The summed E-state index contributed by atoms with van der Waals surface area (Å²) >= 11 is 1.43. The standard InChI is InChI=1S/C14H19NO3S2/c1-10-3-4-13(11(2)7-10)15-14(16)8-19-12-5-6-20(17,18)9-12/h3-4,7,12H,5-6,8-9H2,1-2H3,(H,15,16)/t12-/m1/s1. The average Bonchev–Trinajstić information content (AvgIpc) is 2.70. The first kappa shape index (κ1) is 15.4. The van der Waals surface area contributed by atoms with Crippen LogP contribution >= 0.6 is 11.8 Å². The fraction of sp³-hybridized carbons (Fsp3) is 0.500. The summed E-state index contributed by atoms with van der Waals surface area (Å²) in [6.45, 7) is 3.97. The molecule has 0 aromatic heterocycles. The van der Waals surface area contributed by atoms with Crippen molar-refractivity contribution in [3.8, 4) is 0 Å². The van der Waals surface area contributed by atoms with Crippen molar-refractivity contribution < 1.29 is 13.2 Å². The van der Waals surface area contributed by atoms with Gasteiger partial charge in [-0.15, -0.1) is 11.8 Å². The van der Waals surface area contributed by atoms with Crippen molar-refractivity contribution in [2.75, 3.05) is 22.6 Å². The van der Waals surface area contributed by atoms with Crippen molar-refractivity contribution in [2.24, 2.45) is 0 Å². The Labute approximate surface area is 124 Å². The number of rotatable bonds is 4. The van der Waals surface area contributed by atoms with E-state index >= 15 is 0 Å². The minimum Gasteiger partial charge on any atom is -0.325 e. The van der Waals surface area contributed by atoms with Gasteiger partial charge in [0.25, 0.3) is 0 Å². The highest BCUT2D eigenvalue weighted by atomic mass is 32.2. The Balaban J connectivity index is 1.84. The third-order valence-electron chi connectivity index (χ3n) is 3.30. The Morgan fingerprint density at radius 3 is 2.75 bits per heavy atom. The van der Waals surface area contributed by atoms with Gasteiger partial charge in [-0.05, 0) is 31.9 Å². The molecule has 110 valence electrons. The summed E-state index contributed by atoms with van der Waals surface area (Å²) in [7, 11) is -2.87. The number of hydrogen-bond donors (Lipinski definition) is 1. The van der Waals surface area contributed by atoms with Crippen molar-refractivity contribution in [1.29, 1.82) is 0 Å². The third-order valence-corrected chi connectivity index (χ3v) is 6.58. The lowest BCUT2D eigenvalue weighted by molar-refractivity contribution is -0.113. The van der Waals surface area contributed by atoms with E-state index in [1.54, 1.807) is 0 Å². The molecule has 2 rings (SSSR count). The Morgan fingerprint density at radius 1 is 1.40 bits per heavy atom. The molecule has 1 aromatic rings. The van der Waals surface area contributed by atoms with Crippen LogP contribution in [-0.2, 0) is 14.6 Å². The third kappa shape index (κ3) is 4.24. The molecular weight excluding hydrogens is 294 g/mol. The van der Waals surface area contributed by atoms with Crippen LogP contribution in [0.4, 0.5) is 5.69 Å². The van der Waals surface area contributed by atoms with Gasteiger partial charge in [-0.25, -0.2) is 8.42 Å². The second-order valence-corrected chi connectivity index (χ2v) is 8.72. The van der Waals surface area contributed by atoms with Crippen LogP contribution < -0.4 is 5.32 Å². The molecule has 0 saturated carbocycles. The van der Waals surface area contributed by atoms with Gasteiger partial charge in [0, 0.05) is 10.9 Å². The lowest BCUT2D eigenvalue weighted by Gasteiger charge is -2.10. The Hall–Kier alpha value is -1.01. The first-order valence-electron chi connectivity index (χ1n) is 6.55. The molecule has 1 atom stereocenters. The molecule has 1 heterocycles. The molecule has 0 spiro atoms. The molecule has 0 radical (unpaired) electrons. The lowest BCUT2D eigenvalue weighted by atomic mass is 10.1. The van der Waals surface area contributed by atoms with Gasteiger partial charge in [-0.2, -0.15) is 0 Å². The normalized spacial score (nSPS) is 20.8. The summed E-state index contributed by atoms with van der Waals surface area (Å²) in [5.41, 5.74) is 3.01. The number of carbonyl (C=O) groups is 1. The van der Waals surface area contributed by atoms with Crippen molar-refractivity contribution in [2.45, 2.75) is 25.5 Å². The maximum absolute atomic E-state index is 11.9. The first-order valence-corrected chi connectivity index (χ1v) is 9.42. The van der Waals surface area contributed by atoms with E-state index in [1.165, 1.54) is 11.8 Å². The molecule has 1 fully saturated rings. The van der Waals surface area contributed by atoms with Crippen LogP contribution in [-0.4, -0.2) is 36.8 Å². The summed E-state index contributed by atoms with van der Waals surface area (Å²) in [4.78, 5) is 11.9. The van der Waals surface area contributed by atoms with E-state index in [-0.39, 0.29) is 22.7 Å². The molecule has 1 amide bonds. The van der Waals surface area contributed by atoms with Crippen molar-refractivity contribution in [3.63, 3.8) is 0 Å². The van der Waals surface area contributed by atoms with E-state index in [0.29, 0.717) is 12.2 Å². The molecule has 0 bridgehead atoms. The molecule has 1 aliphatic heterocycles. The first-order chi connectivity index (χ1) is 9.35. The summed E-state index contributed by atoms with van der Waals surface area (Å²) < 4.78 is 22.7. The number of hydrogen-bond acceptors (Lipinski definition) is 4. The van der Waals surface area contributed by atoms with Gasteiger partial charge in [0.1, 0.15) is 0 Å². The maximum atomic E-state index is 11.9. The van der Waals surface area contributed by atoms with Crippen molar-refractivity contribution in [3.05, 3.63) is 29.3 Å². The zero-order chi connectivity index (χ0) is 14.8. The Morgan fingerprint density at radius 2 is 2.15 bits per heavy atom. The largest absolute Gasteiger partial charge is 0.325 e. The number of carbonyl (C=O) groups excluding carboxylic acids is 1. The molecular formula is C14H19NO3S2. The minimum atomic E-state index is -2.87. The van der Waals surface area contributed by atoms with Crippen molar-refractivity contribution in [1.82, 2.24) is 0 Å². The highest BCUT2D eigenvalue weighted by Gasteiger charge is 2.28. The molecule has 1 aliphatic rings. The predicted molar refractivity (Wildman–Crippen MR) is 84.1 cm³/mol. The monoisotopic (exact) mass is 313 g/mol. The molecule has 0 unspecified atom stereocenters. The van der Waals surface area contributed by atoms with E-state index in [0.717, 1.165) is 16.8 Å². The van der Waals surface area contributed by atoms with Crippen LogP contribution in [0.5, 0.6) is 0 Å². The molecule has 20 heavy (non-hydrogen) atoms. The van der Waals surface area contributed by atoms with Gasteiger partial charge in [-0.1, -0.05) is 17.7 Å². The van der Waals surface area contributed by atoms with Gasteiger partial charge in [-0.3, -0.25) is 4.79 Å². The van der Waals surface area contributed by atoms with Gasteiger partial charge in [0.05, 0.1) is 17.3 Å². The van der Waals surface area contributed by atoms with Crippen LogP contribution in [0, 0.1) is 13.8 Å². The van der Waals surface area contributed by atoms with Crippen LogP contribution in [0.3, 0.4) is 0 Å². The zero-order valence-corrected chi connectivity index (χ0v) is 13.3. The van der Waals surface area contributed by atoms with Crippen molar-refractivity contribution >= 4 is 33.2 Å². The van der Waals surface area contributed by atoms with Crippen LogP contribution in [0.25, 0.3) is 0 Å². The molecule has 0 aliphatic carbocycles. The number of sulfone groups is 1. The number of thioether (sulfide) groups is 1. The topological polar surface area (TPSA) is 63.2 Å². The lowest BCUT2D eigenvalue weighted by Crippen LogP contribution is -2.17. The number of benzene rings is 1. The Kier molecular flexibility index (Phi) is 4.75. The van der Waals surface area contributed by atoms with Gasteiger partial charge in [0.15, 0.2) is 9.84 Å². The SMILES string of the molecule is Cc1ccc(NC(=O)CS[C@@H]2CCS(=O)(=O)C2)c(C)c1. The van der Waals surface area contributed by atoms with Crippen LogP contribution in [0.1, 0.15) is 17.5 Å². The summed E-state index contributed by atoms with van der Waals surface area (Å²) in [6.07, 6.45) is 0.657. The van der Waals surface area contributed by atoms with E-state index in [1.807, 2.05) is 32.0 Å². The summed E-state index contributed by atoms with van der Waals surface area (Å²) in [6, 6.07) is 5.87. The summed E-state index contributed by atoms with van der Waals surface area (Å²) in [5, 5.41) is 2.93. The van der Waals surface area contributed by atoms with E-state index in [2.05, 4.69) is 5.32 Å². The summed E-state index contributed by atoms with van der Waals surface area (Å²) in [5.74, 6) is 0.678. The number of nitrogens with one attached hydrogen (secondary N) is 1. The molecule has 6 heteroatoms. The molecule has 4 nitrogen and oxygen atoms in total. The molecule has 1 N–H and O–H groups in total. The Bertz CT molecular complexity index is 611.